The maximum atomic E-state index is 9.75. The Morgan fingerprint density at radius 3 is 2.08 bits per heavy atom. The van der Waals surface area contributed by atoms with Crippen LogP contribution in [0.4, 0.5) is 0 Å². The molecular formula is C32H29BN2O2. The molecule has 4 nitrogen and oxygen atoms in total. The van der Waals surface area contributed by atoms with E-state index in [1.54, 1.807) is 6.07 Å². The lowest BCUT2D eigenvalue weighted by molar-refractivity contribution is 0.426. The molecule has 182 valence electrons. The first-order valence-corrected chi connectivity index (χ1v) is 12.5. The molecule has 0 spiro atoms. The molecule has 0 amide bonds. The highest BCUT2D eigenvalue weighted by Crippen LogP contribution is 2.31. The van der Waals surface area contributed by atoms with Crippen LogP contribution in [0.15, 0.2) is 120 Å². The van der Waals surface area contributed by atoms with Crippen LogP contribution in [0.1, 0.15) is 31.4 Å². The van der Waals surface area contributed by atoms with Gasteiger partial charge in [-0.3, -0.25) is 0 Å². The second-order valence-corrected chi connectivity index (χ2v) is 9.02. The van der Waals surface area contributed by atoms with Crippen LogP contribution in [0.25, 0.3) is 33.2 Å². The van der Waals surface area contributed by atoms with Crippen molar-refractivity contribution in [1.29, 1.82) is 0 Å². The van der Waals surface area contributed by atoms with Gasteiger partial charge in [0.15, 0.2) is 0 Å². The molecule has 0 bridgehead atoms. The lowest BCUT2D eigenvalue weighted by Gasteiger charge is -2.11. The summed E-state index contributed by atoms with van der Waals surface area (Å²) in [5, 5.41) is 21.5. The Morgan fingerprint density at radius 2 is 1.41 bits per heavy atom. The highest BCUT2D eigenvalue weighted by molar-refractivity contribution is 6.59. The van der Waals surface area contributed by atoms with Gasteiger partial charge in [-0.15, -0.1) is 0 Å². The van der Waals surface area contributed by atoms with Crippen molar-refractivity contribution in [2.24, 2.45) is 4.99 Å². The first-order valence-electron chi connectivity index (χ1n) is 12.5. The normalized spacial score (nSPS) is 12.9. The first-order chi connectivity index (χ1) is 18.1. The molecular weight excluding hydrogens is 455 g/mol. The van der Waals surface area contributed by atoms with E-state index in [-0.39, 0.29) is 0 Å². The van der Waals surface area contributed by atoms with Gasteiger partial charge in [0.05, 0.1) is 22.4 Å². The lowest BCUT2D eigenvalue weighted by Crippen LogP contribution is -2.29. The maximum absolute atomic E-state index is 9.75. The Balaban J connectivity index is 1.72. The van der Waals surface area contributed by atoms with E-state index in [0.29, 0.717) is 5.46 Å². The van der Waals surface area contributed by atoms with Crippen LogP contribution >= 0.6 is 0 Å². The second kappa shape index (κ2) is 10.8. The molecule has 1 heterocycles. The number of aliphatic imine (C=N–C) groups is 1. The quantitative estimate of drug-likeness (QED) is 0.211. The summed E-state index contributed by atoms with van der Waals surface area (Å²) >= 11 is 0. The number of hydrogen-bond acceptors (Lipinski definition) is 3. The second-order valence-electron chi connectivity index (χ2n) is 9.02. The van der Waals surface area contributed by atoms with Gasteiger partial charge in [-0.25, -0.2) is 4.99 Å². The number of rotatable bonds is 7. The fraction of sp³-hybridized carbons (Fsp3) is 0.0938. The summed E-state index contributed by atoms with van der Waals surface area (Å²) in [6.07, 6.45) is 5.16. The number of aromatic nitrogens is 1. The van der Waals surface area contributed by atoms with Crippen LogP contribution in [0.2, 0.25) is 0 Å². The molecule has 0 aliphatic carbocycles. The van der Waals surface area contributed by atoms with E-state index >= 15 is 0 Å². The molecule has 4 aromatic carbocycles. The summed E-state index contributed by atoms with van der Waals surface area (Å²) in [5.41, 5.74) is 7.46. The summed E-state index contributed by atoms with van der Waals surface area (Å²) < 4.78 is 2.21. The molecule has 37 heavy (non-hydrogen) atoms. The topological polar surface area (TPSA) is 57.8 Å². The van der Waals surface area contributed by atoms with Gasteiger partial charge in [-0.1, -0.05) is 104 Å². The molecule has 5 aromatic rings. The van der Waals surface area contributed by atoms with Gasteiger partial charge in [0.2, 0.25) is 0 Å². The van der Waals surface area contributed by atoms with Crippen LogP contribution in [-0.2, 0) is 0 Å². The molecule has 0 radical (unpaired) electrons. The van der Waals surface area contributed by atoms with Gasteiger partial charge in [-0.2, -0.15) is 0 Å². The number of nitrogens with zero attached hydrogens (tertiary/aromatic N) is 2. The zero-order valence-electron chi connectivity index (χ0n) is 21.0. The Bertz CT molecular complexity index is 1630. The Labute approximate surface area is 217 Å². The molecule has 0 unspecified atom stereocenters. The van der Waals surface area contributed by atoms with Gasteiger partial charge >= 0.3 is 7.12 Å². The number of allylic oxidation sites excluding steroid dienone is 3. The van der Waals surface area contributed by atoms with Gasteiger partial charge in [0.25, 0.3) is 0 Å². The Hall–Kier alpha value is -4.19. The molecule has 0 fully saturated rings. The molecule has 1 aromatic heterocycles. The van der Waals surface area contributed by atoms with E-state index in [4.69, 9.17) is 4.99 Å². The highest BCUT2D eigenvalue weighted by atomic mass is 16.4. The van der Waals surface area contributed by atoms with E-state index in [9.17, 15) is 10.0 Å². The third-order valence-corrected chi connectivity index (χ3v) is 6.47. The van der Waals surface area contributed by atoms with E-state index in [0.717, 1.165) is 56.5 Å². The number of benzene rings is 4. The van der Waals surface area contributed by atoms with E-state index in [2.05, 4.69) is 67.0 Å². The highest BCUT2D eigenvalue weighted by Gasteiger charge is 2.17. The van der Waals surface area contributed by atoms with E-state index in [1.807, 2.05) is 60.7 Å². The van der Waals surface area contributed by atoms with Crippen LogP contribution in [0, 0.1) is 0 Å². The van der Waals surface area contributed by atoms with Crippen molar-refractivity contribution in [1.82, 2.24) is 4.57 Å². The van der Waals surface area contributed by atoms with Crippen molar-refractivity contribution in [2.45, 2.75) is 20.3 Å². The minimum Gasteiger partial charge on any atom is -0.423 e. The number of fused-ring (bicyclic) bond motifs is 3. The van der Waals surface area contributed by atoms with Crippen molar-refractivity contribution in [3.63, 3.8) is 0 Å². The molecule has 0 saturated carbocycles. The summed E-state index contributed by atoms with van der Waals surface area (Å²) in [7, 11) is -1.51. The maximum Gasteiger partial charge on any atom is 0.488 e. The standard InChI is InChI=1S/C32H29BN2O2/c1-3-12-29(24-13-6-4-7-14-24)34-30(25-15-8-5-9-16-25)21-23(2)35-31-18-11-10-17-27(31)28-22-26(33(36)37)19-20-32(28)35/h4-22,36-37H,3H2,1-2H3/b23-21+,29-12+,34-30-. The Kier molecular flexibility index (Phi) is 7.17. The van der Waals surface area contributed by atoms with Gasteiger partial charge < -0.3 is 14.6 Å². The van der Waals surface area contributed by atoms with Crippen molar-refractivity contribution >= 4 is 51.5 Å². The van der Waals surface area contributed by atoms with Crippen LogP contribution in [0.3, 0.4) is 0 Å². The van der Waals surface area contributed by atoms with E-state index < -0.39 is 7.12 Å². The average molecular weight is 484 g/mol. The molecule has 0 aliphatic rings. The summed E-state index contributed by atoms with van der Waals surface area (Å²) in [6.45, 7) is 4.21. The zero-order valence-corrected chi connectivity index (χ0v) is 21.0. The van der Waals surface area contributed by atoms with Crippen molar-refractivity contribution in [2.75, 3.05) is 0 Å². The smallest absolute Gasteiger partial charge is 0.423 e. The van der Waals surface area contributed by atoms with Gasteiger partial charge in [-0.05, 0) is 42.6 Å². The number of hydrogen-bond donors (Lipinski definition) is 2. The van der Waals surface area contributed by atoms with Gasteiger partial charge in [0, 0.05) is 22.0 Å². The van der Waals surface area contributed by atoms with Crippen molar-refractivity contribution in [3.8, 4) is 0 Å². The first kappa shape index (κ1) is 24.5. The average Bonchev–Trinajstić information content (AvgIpc) is 3.27. The minimum absolute atomic E-state index is 0.473. The summed E-state index contributed by atoms with van der Waals surface area (Å²) in [4.78, 5) is 5.18. The minimum atomic E-state index is -1.51. The molecule has 0 saturated heterocycles. The molecule has 0 atom stereocenters. The number of para-hydroxylation sites is 1. The summed E-state index contributed by atoms with van der Waals surface area (Å²) in [6, 6.07) is 34.3. The van der Waals surface area contributed by atoms with Crippen molar-refractivity contribution in [3.05, 3.63) is 126 Å². The third-order valence-electron chi connectivity index (χ3n) is 6.47. The van der Waals surface area contributed by atoms with E-state index in [1.165, 1.54) is 0 Å². The Morgan fingerprint density at radius 1 is 0.784 bits per heavy atom. The van der Waals surface area contributed by atoms with Crippen LogP contribution in [0.5, 0.6) is 0 Å². The molecule has 5 heteroatoms. The van der Waals surface area contributed by atoms with Crippen LogP contribution < -0.4 is 5.46 Å². The van der Waals surface area contributed by atoms with Crippen molar-refractivity contribution < 1.29 is 10.0 Å². The van der Waals surface area contributed by atoms with Crippen LogP contribution in [-0.4, -0.2) is 27.4 Å². The fourth-order valence-electron chi connectivity index (χ4n) is 4.74. The monoisotopic (exact) mass is 484 g/mol. The summed E-state index contributed by atoms with van der Waals surface area (Å²) in [5.74, 6) is 0. The zero-order chi connectivity index (χ0) is 25.8. The fourth-order valence-corrected chi connectivity index (χ4v) is 4.74. The lowest BCUT2D eigenvalue weighted by atomic mass is 9.80. The molecule has 0 aliphatic heterocycles. The molecule has 2 N–H and O–H groups in total. The third kappa shape index (κ3) is 5.05. The van der Waals surface area contributed by atoms with Gasteiger partial charge in [0.1, 0.15) is 0 Å². The SMILES string of the molecule is CC/C=C(/N=C(/C=C(\C)n1c2ccccc2c2cc(B(O)O)ccc21)c1ccccc1)c1ccccc1. The predicted molar refractivity (Wildman–Crippen MR) is 157 cm³/mol. The predicted octanol–water partition coefficient (Wildman–Crippen LogP) is 6.28. The largest absolute Gasteiger partial charge is 0.488 e. The molecule has 5 rings (SSSR count).